The first-order valence-corrected chi connectivity index (χ1v) is 21.9. The molecule has 3 saturated heterocycles. The SMILES string of the molecule is Cc1cc(-c2ncnc3[nH]c(-c4ccc(N5CCC(CN6CCN(c7ccc(N8CCC(=O)NC8=O)nc7)CC6)CC5)cc4)cc23)ccc1C(C)NC(=O)c1nc(C(C)(C)C)no1. The Hall–Kier alpha value is -6.68. The number of fused-ring (bicyclic) bond motifs is 1. The molecule has 0 radical (unpaired) electrons. The van der Waals surface area contributed by atoms with Crippen molar-refractivity contribution < 1.29 is 18.9 Å². The summed E-state index contributed by atoms with van der Waals surface area (Å²) in [6.07, 6.45) is 6.04. The number of aromatic amines is 1. The van der Waals surface area contributed by atoms with Gasteiger partial charge in [-0.1, -0.05) is 50.2 Å². The topological polar surface area (TPSA) is 182 Å². The Balaban J connectivity index is 0.768. The highest BCUT2D eigenvalue weighted by molar-refractivity contribution is 6.05. The van der Waals surface area contributed by atoms with E-state index in [2.05, 4.69) is 86.8 Å². The number of amides is 4. The summed E-state index contributed by atoms with van der Waals surface area (Å²) in [5.41, 5.74) is 8.62. The molecule has 1 atom stereocenters. The molecule has 63 heavy (non-hydrogen) atoms. The maximum Gasteiger partial charge on any atom is 0.329 e. The van der Waals surface area contributed by atoms with E-state index in [1.165, 1.54) is 23.4 Å². The second-order valence-electron chi connectivity index (χ2n) is 18.0. The maximum absolute atomic E-state index is 12.9. The molecule has 2 aromatic carbocycles. The highest BCUT2D eigenvalue weighted by Crippen LogP contribution is 2.33. The first-order chi connectivity index (χ1) is 30.4. The summed E-state index contributed by atoms with van der Waals surface area (Å²) in [5.74, 6) is 1.02. The summed E-state index contributed by atoms with van der Waals surface area (Å²) < 4.78 is 5.25. The molecule has 3 fully saturated rings. The Morgan fingerprint density at radius 3 is 2.29 bits per heavy atom. The average molecular weight is 851 g/mol. The predicted octanol–water partition coefficient (Wildman–Crippen LogP) is 6.65. The van der Waals surface area contributed by atoms with Gasteiger partial charge in [0.25, 0.3) is 0 Å². The number of imide groups is 1. The van der Waals surface area contributed by atoms with Crippen LogP contribution in [0.2, 0.25) is 0 Å². The molecule has 3 N–H and O–H groups in total. The van der Waals surface area contributed by atoms with Crippen LogP contribution < -0.4 is 25.3 Å². The van der Waals surface area contributed by atoms with E-state index in [-0.39, 0.29) is 29.7 Å². The smallest absolute Gasteiger partial charge is 0.329 e. The van der Waals surface area contributed by atoms with Gasteiger partial charge in [0.1, 0.15) is 17.8 Å². The van der Waals surface area contributed by atoms with Gasteiger partial charge in [-0.25, -0.2) is 19.7 Å². The number of piperidine rings is 1. The Kier molecular flexibility index (Phi) is 11.4. The normalized spacial score (nSPS) is 17.3. The molecule has 4 amide bonds. The number of pyridine rings is 1. The van der Waals surface area contributed by atoms with Crippen molar-refractivity contribution in [1.29, 1.82) is 0 Å². The number of aryl methyl sites for hydroxylation is 1. The van der Waals surface area contributed by atoms with Crippen LogP contribution in [0.3, 0.4) is 0 Å². The predicted molar refractivity (Wildman–Crippen MR) is 242 cm³/mol. The van der Waals surface area contributed by atoms with E-state index in [0.717, 1.165) is 96.2 Å². The molecule has 9 rings (SSSR count). The lowest BCUT2D eigenvalue weighted by atomic mass is 9.95. The summed E-state index contributed by atoms with van der Waals surface area (Å²) in [6.45, 7) is 17.3. The Labute approximate surface area is 366 Å². The zero-order chi connectivity index (χ0) is 43.8. The van der Waals surface area contributed by atoms with Crippen molar-refractivity contribution in [3.63, 3.8) is 0 Å². The van der Waals surface area contributed by atoms with Crippen LogP contribution in [0.15, 0.2) is 77.7 Å². The minimum Gasteiger partial charge on any atom is -0.372 e. The molecule has 3 aliphatic rings. The third-order valence-corrected chi connectivity index (χ3v) is 12.5. The molecular weight excluding hydrogens is 797 g/mol. The van der Waals surface area contributed by atoms with Crippen molar-refractivity contribution in [3.05, 3.63) is 96.0 Å². The Bertz CT molecular complexity index is 2620. The summed E-state index contributed by atoms with van der Waals surface area (Å²) in [5, 5.41) is 10.3. The van der Waals surface area contributed by atoms with Crippen molar-refractivity contribution in [2.45, 2.75) is 65.3 Å². The highest BCUT2D eigenvalue weighted by atomic mass is 16.5. The number of benzene rings is 2. The van der Waals surface area contributed by atoms with Gasteiger partial charge in [0.15, 0.2) is 5.82 Å². The van der Waals surface area contributed by atoms with E-state index in [4.69, 9.17) is 9.51 Å². The molecule has 0 bridgehead atoms. The van der Waals surface area contributed by atoms with Crippen molar-refractivity contribution in [2.75, 3.05) is 67.1 Å². The van der Waals surface area contributed by atoms with E-state index >= 15 is 0 Å². The quantitative estimate of drug-likeness (QED) is 0.134. The lowest BCUT2D eigenvalue weighted by molar-refractivity contribution is -0.120. The number of nitrogens with zero attached hydrogens (tertiary/aromatic N) is 9. The minimum absolute atomic E-state index is 0.0464. The van der Waals surface area contributed by atoms with Crippen molar-refractivity contribution in [1.82, 2.24) is 45.6 Å². The molecular formula is C47H54N12O4. The van der Waals surface area contributed by atoms with Gasteiger partial charge in [-0.2, -0.15) is 4.98 Å². The Morgan fingerprint density at radius 2 is 1.60 bits per heavy atom. The van der Waals surface area contributed by atoms with Crippen LogP contribution in [0.25, 0.3) is 33.5 Å². The van der Waals surface area contributed by atoms with Gasteiger partial charge in [-0.3, -0.25) is 24.7 Å². The third kappa shape index (κ3) is 8.98. The molecule has 0 aliphatic carbocycles. The lowest BCUT2D eigenvalue weighted by Crippen LogP contribution is -2.50. The van der Waals surface area contributed by atoms with Gasteiger partial charge in [0.05, 0.1) is 23.6 Å². The van der Waals surface area contributed by atoms with Gasteiger partial charge in [0, 0.05) is 86.5 Å². The van der Waals surface area contributed by atoms with E-state index in [9.17, 15) is 14.4 Å². The summed E-state index contributed by atoms with van der Waals surface area (Å²) in [6, 6.07) is 20.3. The molecule has 7 heterocycles. The highest BCUT2D eigenvalue weighted by Gasteiger charge is 2.28. The van der Waals surface area contributed by atoms with E-state index in [1.807, 2.05) is 65.1 Å². The third-order valence-electron chi connectivity index (χ3n) is 12.5. The zero-order valence-corrected chi connectivity index (χ0v) is 36.5. The molecule has 3 aliphatic heterocycles. The number of aromatic nitrogens is 6. The molecule has 16 heteroatoms. The first kappa shape index (κ1) is 41.7. The minimum atomic E-state index is -0.414. The molecule has 326 valence electrons. The molecule has 1 unspecified atom stereocenters. The van der Waals surface area contributed by atoms with Crippen molar-refractivity contribution >= 4 is 46.1 Å². The van der Waals surface area contributed by atoms with Crippen molar-refractivity contribution in [2.24, 2.45) is 5.92 Å². The van der Waals surface area contributed by atoms with Crippen LogP contribution in [0.1, 0.15) is 80.6 Å². The fraction of sp³-hybridized carbons (Fsp3) is 0.404. The van der Waals surface area contributed by atoms with E-state index in [1.54, 1.807) is 6.33 Å². The van der Waals surface area contributed by atoms with Gasteiger partial charge in [-0.15, -0.1) is 0 Å². The number of piperazine rings is 1. The molecule has 0 spiro atoms. The summed E-state index contributed by atoms with van der Waals surface area (Å²) in [7, 11) is 0. The zero-order valence-electron chi connectivity index (χ0n) is 36.5. The second-order valence-corrected chi connectivity index (χ2v) is 18.0. The Morgan fingerprint density at radius 1 is 0.873 bits per heavy atom. The van der Waals surface area contributed by atoms with Crippen LogP contribution in [-0.4, -0.2) is 105 Å². The first-order valence-electron chi connectivity index (χ1n) is 21.9. The number of rotatable bonds is 10. The van der Waals surface area contributed by atoms with Crippen LogP contribution in [0, 0.1) is 12.8 Å². The molecule has 6 aromatic rings. The number of carbonyl (C=O) groups excluding carboxylic acids is 3. The number of H-pyrrole nitrogens is 1. The fourth-order valence-corrected chi connectivity index (χ4v) is 8.88. The summed E-state index contributed by atoms with van der Waals surface area (Å²) in [4.78, 5) is 67.3. The number of hydrogen-bond donors (Lipinski definition) is 3. The van der Waals surface area contributed by atoms with Crippen LogP contribution >= 0.6 is 0 Å². The van der Waals surface area contributed by atoms with E-state index < -0.39 is 11.9 Å². The number of carbonyl (C=O) groups is 3. The standard InChI is InChI=1S/C47H54N12O4/c1-29-24-33(8-12-36(29)30(2)51-43(61)44-54-45(55-63-44)47(3,4)5)41-37-25-38(52-42(37)50-28-49-41)32-6-9-34(10-7-32)57-17-14-31(15-18-57)27-56-20-22-58(23-21-56)35-11-13-39(48-26-35)59-19-16-40(60)53-46(59)62/h6-13,24-26,28,30-31H,14-23,27H2,1-5H3,(H,51,61)(H,49,50,52)(H,53,60,62). The lowest BCUT2D eigenvalue weighted by Gasteiger charge is -2.40. The van der Waals surface area contributed by atoms with Gasteiger partial charge in [-0.05, 0) is 85.7 Å². The monoisotopic (exact) mass is 850 g/mol. The maximum atomic E-state index is 12.9. The van der Waals surface area contributed by atoms with Crippen LogP contribution in [-0.2, 0) is 10.2 Å². The molecule has 4 aromatic heterocycles. The second kappa shape index (κ2) is 17.2. The molecule has 16 nitrogen and oxygen atoms in total. The number of nitrogens with one attached hydrogen (secondary N) is 3. The number of hydrogen-bond acceptors (Lipinski definition) is 12. The van der Waals surface area contributed by atoms with Crippen LogP contribution in [0.5, 0.6) is 0 Å². The fourth-order valence-electron chi connectivity index (χ4n) is 8.88. The van der Waals surface area contributed by atoms with Gasteiger partial charge in [0.2, 0.25) is 5.91 Å². The number of anilines is 3. The number of urea groups is 1. The van der Waals surface area contributed by atoms with Gasteiger partial charge >= 0.3 is 17.8 Å². The molecule has 0 saturated carbocycles. The largest absolute Gasteiger partial charge is 0.372 e. The van der Waals surface area contributed by atoms with E-state index in [0.29, 0.717) is 24.1 Å². The average Bonchev–Trinajstić information content (AvgIpc) is 3.97. The van der Waals surface area contributed by atoms with Crippen molar-refractivity contribution in [3.8, 4) is 22.5 Å². The van der Waals surface area contributed by atoms with Gasteiger partial charge < -0.3 is 24.6 Å². The summed E-state index contributed by atoms with van der Waals surface area (Å²) >= 11 is 0. The van der Waals surface area contributed by atoms with Crippen LogP contribution in [0.4, 0.5) is 22.0 Å².